The van der Waals surface area contributed by atoms with Gasteiger partial charge in [0.2, 0.25) is 5.95 Å². The standard InChI is InChI=1S/C8H11N3O2S/c1-5-3-6(11-8(9)10-5)14-4-7(12)13-2/h3H,4H2,1-2H3,(H2,9,10,11). The Balaban J connectivity index is 2.63. The maximum absolute atomic E-state index is 10.8. The van der Waals surface area contributed by atoms with Crippen molar-refractivity contribution in [1.82, 2.24) is 9.97 Å². The van der Waals surface area contributed by atoms with Gasteiger partial charge in [-0.3, -0.25) is 4.79 Å². The number of nitrogens with two attached hydrogens (primary N) is 1. The number of thioether (sulfide) groups is 1. The number of rotatable bonds is 3. The summed E-state index contributed by atoms with van der Waals surface area (Å²) in [5, 5.41) is 0.681. The third-order valence-electron chi connectivity index (χ3n) is 1.41. The highest BCUT2D eigenvalue weighted by Crippen LogP contribution is 2.16. The fraction of sp³-hybridized carbons (Fsp3) is 0.375. The lowest BCUT2D eigenvalue weighted by Crippen LogP contribution is -2.04. The minimum absolute atomic E-state index is 0.220. The molecular formula is C8H11N3O2S. The number of carbonyl (C=O) groups is 1. The average molecular weight is 213 g/mol. The average Bonchev–Trinajstić information content (AvgIpc) is 2.12. The van der Waals surface area contributed by atoms with Gasteiger partial charge in [0, 0.05) is 5.69 Å². The largest absolute Gasteiger partial charge is 0.468 e. The van der Waals surface area contributed by atoms with Crippen LogP contribution in [0.1, 0.15) is 5.69 Å². The van der Waals surface area contributed by atoms with Crippen molar-refractivity contribution in [3.63, 3.8) is 0 Å². The Hall–Kier alpha value is -1.30. The van der Waals surface area contributed by atoms with E-state index >= 15 is 0 Å². The zero-order valence-corrected chi connectivity index (χ0v) is 8.80. The Bertz CT molecular complexity index is 323. The molecule has 0 spiro atoms. The second-order valence-electron chi connectivity index (χ2n) is 2.57. The van der Waals surface area contributed by atoms with E-state index in [2.05, 4.69) is 14.7 Å². The van der Waals surface area contributed by atoms with E-state index in [1.54, 1.807) is 6.07 Å². The first-order valence-electron chi connectivity index (χ1n) is 3.92. The molecular weight excluding hydrogens is 202 g/mol. The molecule has 0 aromatic carbocycles. The van der Waals surface area contributed by atoms with E-state index < -0.39 is 0 Å². The Labute approximate surface area is 86.1 Å². The predicted molar refractivity (Wildman–Crippen MR) is 53.9 cm³/mol. The molecule has 0 saturated heterocycles. The van der Waals surface area contributed by atoms with Crippen molar-refractivity contribution in [3.8, 4) is 0 Å². The van der Waals surface area contributed by atoms with Crippen molar-refractivity contribution >= 4 is 23.7 Å². The first-order chi connectivity index (χ1) is 6.61. The fourth-order valence-electron chi connectivity index (χ4n) is 0.828. The lowest BCUT2D eigenvalue weighted by Gasteiger charge is -2.01. The van der Waals surface area contributed by atoms with Crippen molar-refractivity contribution in [2.75, 3.05) is 18.6 Å². The number of hydrogen-bond donors (Lipinski definition) is 1. The van der Waals surface area contributed by atoms with Gasteiger partial charge < -0.3 is 10.5 Å². The third-order valence-corrected chi connectivity index (χ3v) is 2.30. The maximum Gasteiger partial charge on any atom is 0.316 e. The molecule has 0 atom stereocenters. The van der Waals surface area contributed by atoms with E-state index in [1.165, 1.54) is 18.9 Å². The SMILES string of the molecule is COC(=O)CSc1cc(C)nc(N)n1. The summed E-state index contributed by atoms with van der Waals surface area (Å²) in [7, 11) is 1.35. The Kier molecular flexibility index (Phi) is 3.70. The van der Waals surface area contributed by atoms with Gasteiger partial charge in [-0.1, -0.05) is 11.8 Å². The number of methoxy groups -OCH3 is 1. The van der Waals surface area contributed by atoms with Crippen LogP contribution in [0, 0.1) is 6.92 Å². The van der Waals surface area contributed by atoms with Gasteiger partial charge in [-0.25, -0.2) is 9.97 Å². The number of aryl methyl sites for hydroxylation is 1. The van der Waals surface area contributed by atoms with Crippen LogP contribution in [0.5, 0.6) is 0 Å². The first kappa shape index (κ1) is 10.8. The van der Waals surface area contributed by atoms with Gasteiger partial charge in [-0.2, -0.15) is 0 Å². The highest BCUT2D eigenvalue weighted by atomic mass is 32.2. The van der Waals surface area contributed by atoms with Crippen LogP contribution in [0.3, 0.4) is 0 Å². The molecule has 2 N–H and O–H groups in total. The number of aromatic nitrogens is 2. The van der Waals surface area contributed by atoms with Crippen LogP contribution in [-0.2, 0) is 9.53 Å². The van der Waals surface area contributed by atoms with Crippen LogP contribution in [0.2, 0.25) is 0 Å². The minimum Gasteiger partial charge on any atom is -0.468 e. The number of hydrogen-bond acceptors (Lipinski definition) is 6. The van der Waals surface area contributed by atoms with Crippen molar-refractivity contribution in [2.24, 2.45) is 0 Å². The summed E-state index contributed by atoms with van der Waals surface area (Å²) in [6.45, 7) is 1.82. The number of esters is 1. The van der Waals surface area contributed by atoms with E-state index in [4.69, 9.17) is 5.73 Å². The molecule has 0 aliphatic heterocycles. The quantitative estimate of drug-likeness (QED) is 0.451. The van der Waals surface area contributed by atoms with Crippen LogP contribution in [0.4, 0.5) is 5.95 Å². The summed E-state index contributed by atoms with van der Waals surface area (Å²) in [6.07, 6.45) is 0. The highest BCUT2D eigenvalue weighted by molar-refractivity contribution is 7.99. The van der Waals surface area contributed by atoms with Gasteiger partial charge in [-0.15, -0.1) is 0 Å². The zero-order valence-electron chi connectivity index (χ0n) is 7.98. The van der Waals surface area contributed by atoms with E-state index in [1.807, 2.05) is 6.92 Å². The van der Waals surface area contributed by atoms with Gasteiger partial charge in [0.05, 0.1) is 12.9 Å². The predicted octanol–water partition coefficient (Wildman–Crippen LogP) is 0.632. The highest BCUT2D eigenvalue weighted by Gasteiger charge is 2.04. The number of nitrogen functional groups attached to an aromatic ring is 1. The topological polar surface area (TPSA) is 78.1 Å². The molecule has 0 radical (unpaired) electrons. The van der Waals surface area contributed by atoms with Crippen LogP contribution in [0.15, 0.2) is 11.1 Å². The van der Waals surface area contributed by atoms with Gasteiger partial charge in [0.1, 0.15) is 5.03 Å². The van der Waals surface area contributed by atoms with Gasteiger partial charge in [-0.05, 0) is 13.0 Å². The van der Waals surface area contributed by atoms with Crippen molar-refractivity contribution in [3.05, 3.63) is 11.8 Å². The molecule has 1 aromatic rings. The van der Waals surface area contributed by atoms with E-state index in [-0.39, 0.29) is 17.7 Å². The lowest BCUT2D eigenvalue weighted by atomic mass is 10.5. The molecule has 0 amide bonds. The Morgan fingerprint density at radius 3 is 2.93 bits per heavy atom. The molecule has 1 aromatic heterocycles. The lowest BCUT2D eigenvalue weighted by molar-refractivity contribution is -0.137. The second kappa shape index (κ2) is 4.80. The molecule has 14 heavy (non-hydrogen) atoms. The molecule has 6 heteroatoms. The fourth-order valence-corrected chi connectivity index (χ4v) is 1.62. The Morgan fingerprint density at radius 1 is 1.64 bits per heavy atom. The molecule has 0 aliphatic rings. The number of nitrogens with zero attached hydrogens (tertiary/aromatic N) is 2. The van der Waals surface area contributed by atoms with Crippen molar-refractivity contribution < 1.29 is 9.53 Å². The van der Waals surface area contributed by atoms with Crippen molar-refractivity contribution in [1.29, 1.82) is 0 Å². The molecule has 0 fully saturated rings. The summed E-state index contributed by atoms with van der Waals surface area (Å²) >= 11 is 1.28. The van der Waals surface area contributed by atoms with Crippen LogP contribution in [-0.4, -0.2) is 28.8 Å². The summed E-state index contributed by atoms with van der Waals surface area (Å²) in [5.74, 6) is 0.161. The monoisotopic (exact) mass is 213 g/mol. The van der Waals surface area contributed by atoms with Gasteiger partial charge >= 0.3 is 5.97 Å². The number of anilines is 1. The van der Waals surface area contributed by atoms with Crippen LogP contribution < -0.4 is 5.73 Å². The van der Waals surface area contributed by atoms with Crippen LogP contribution >= 0.6 is 11.8 Å². The van der Waals surface area contributed by atoms with Gasteiger partial charge in [0.25, 0.3) is 0 Å². The molecule has 0 bridgehead atoms. The molecule has 0 aliphatic carbocycles. The minimum atomic E-state index is -0.287. The summed E-state index contributed by atoms with van der Waals surface area (Å²) in [6, 6.07) is 1.77. The normalized spacial score (nSPS) is 9.86. The summed E-state index contributed by atoms with van der Waals surface area (Å²) in [4.78, 5) is 18.7. The van der Waals surface area contributed by atoms with E-state index in [0.717, 1.165) is 5.69 Å². The Morgan fingerprint density at radius 2 is 2.36 bits per heavy atom. The number of carbonyl (C=O) groups excluding carboxylic acids is 1. The molecule has 76 valence electrons. The zero-order chi connectivity index (χ0) is 10.6. The third kappa shape index (κ3) is 3.21. The van der Waals surface area contributed by atoms with E-state index in [0.29, 0.717) is 5.03 Å². The molecule has 0 unspecified atom stereocenters. The second-order valence-corrected chi connectivity index (χ2v) is 3.57. The number of ether oxygens (including phenoxy) is 1. The molecule has 5 nitrogen and oxygen atoms in total. The first-order valence-corrected chi connectivity index (χ1v) is 4.91. The molecule has 1 rings (SSSR count). The van der Waals surface area contributed by atoms with Crippen LogP contribution in [0.25, 0.3) is 0 Å². The van der Waals surface area contributed by atoms with Crippen molar-refractivity contribution in [2.45, 2.75) is 11.9 Å². The molecule has 0 saturated carbocycles. The molecule has 1 heterocycles. The van der Waals surface area contributed by atoms with E-state index in [9.17, 15) is 4.79 Å². The summed E-state index contributed by atoms with van der Waals surface area (Å²) in [5.41, 5.74) is 6.23. The van der Waals surface area contributed by atoms with Gasteiger partial charge in [0.15, 0.2) is 0 Å². The summed E-state index contributed by atoms with van der Waals surface area (Å²) < 4.78 is 4.50. The smallest absolute Gasteiger partial charge is 0.316 e. The maximum atomic E-state index is 10.8.